The number of nitrogens with zero attached hydrogens (tertiary/aromatic N) is 1. The van der Waals surface area contributed by atoms with Crippen molar-refractivity contribution in [1.29, 1.82) is 0 Å². The number of nitrogens with two attached hydrogens (primary N) is 1. The Kier molecular flexibility index (Phi) is 3.00. The molecule has 0 spiro atoms. The van der Waals surface area contributed by atoms with Crippen LogP contribution in [0, 0.1) is 11.6 Å². The highest BCUT2D eigenvalue weighted by Crippen LogP contribution is 2.31. The van der Waals surface area contributed by atoms with Gasteiger partial charge in [-0.1, -0.05) is 6.07 Å². The van der Waals surface area contributed by atoms with Gasteiger partial charge in [0.1, 0.15) is 0 Å². The molecule has 0 fully saturated rings. The van der Waals surface area contributed by atoms with Crippen molar-refractivity contribution < 1.29 is 8.78 Å². The summed E-state index contributed by atoms with van der Waals surface area (Å²) in [5.74, 6) is -1.71. The maximum Gasteiger partial charge on any atom is 0.182 e. The fourth-order valence-corrected chi connectivity index (χ4v) is 1.50. The molecule has 0 atom stereocenters. The van der Waals surface area contributed by atoms with Crippen LogP contribution < -0.4 is 10.6 Å². The zero-order valence-electron chi connectivity index (χ0n) is 9.44. The molecule has 2 nitrogen and oxygen atoms in total. The summed E-state index contributed by atoms with van der Waals surface area (Å²) in [6.45, 7) is 3.51. The first-order valence-electron chi connectivity index (χ1n) is 4.70. The van der Waals surface area contributed by atoms with Gasteiger partial charge in [-0.2, -0.15) is 0 Å². The maximum atomic E-state index is 13.6. The van der Waals surface area contributed by atoms with Crippen molar-refractivity contribution in [3.05, 3.63) is 29.3 Å². The van der Waals surface area contributed by atoms with E-state index in [0.29, 0.717) is 5.56 Å². The molecule has 15 heavy (non-hydrogen) atoms. The Bertz CT molecular complexity index is 368. The first-order chi connectivity index (χ1) is 6.75. The van der Waals surface area contributed by atoms with Gasteiger partial charge in [0, 0.05) is 19.6 Å². The molecule has 4 heteroatoms. The molecule has 1 aromatic carbocycles. The molecule has 2 N–H and O–H groups in total. The number of benzene rings is 1. The van der Waals surface area contributed by atoms with Gasteiger partial charge >= 0.3 is 0 Å². The molecule has 0 radical (unpaired) electrons. The lowest BCUT2D eigenvalue weighted by molar-refractivity contribution is 0.494. The Morgan fingerprint density at radius 2 is 1.73 bits per heavy atom. The maximum absolute atomic E-state index is 13.6. The molecule has 0 aromatic heterocycles. The minimum atomic E-state index is -0.855. The van der Waals surface area contributed by atoms with Gasteiger partial charge in [0.2, 0.25) is 0 Å². The highest BCUT2D eigenvalue weighted by molar-refractivity contribution is 5.56. The van der Waals surface area contributed by atoms with Crippen LogP contribution in [0.5, 0.6) is 0 Å². The summed E-state index contributed by atoms with van der Waals surface area (Å²) in [5, 5.41) is 0. The average molecular weight is 214 g/mol. The van der Waals surface area contributed by atoms with Crippen molar-refractivity contribution in [3.63, 3.8) is 0 Å². The number of anilines is 1. The summed E-state index contributed by atoms with van der Waals surface area (Å²) in [7, 11) is 3.32. The van der Waals surface area contributed by atoms with Crippen LogP contribution in [0.15, 0.2) is 12.1 Å². The van der Waals surface area contributed by atoms with Gasteiger partial charge in [-0.25, -0.2) is 8.78 Å². The van der Waals surface area contributed by atoms with Crippen molar-refractivity contribution in [1.82, 2.24) is 0 Å². The standard InChI is InChI=1S/C11H16F2N2/c1-11(2,14)7-5-6-8(12)9(13)10(7)15(3)4/h5-6H,14H2,1-4H3. The van der Waals surface area contributed by atoms with Crippen molar-refractivity contribution in [2.24, 2.45) is 5.73 Å². The van der Waals surface area contributed by atoms with Gasteiger partial charge in [-0.3, -0.25) is 0 Å². The van der Waals surface area contributed by atoms with E-state index < -0.39 is 17.2 Å². The van der Waals surface area contributed by atoms with Gasteiger partial charge in [0.05, 0.1) is 5.69 Å². The van der Waals surface area contributed by atoms with Crippen LogP contribution >= 0.6 is 0 Å². The minimum Gasteiger partial charge on any atom is -0.375 e. The summed E-state index contributed by atoms with van der Waals surface area (Å²) in [6.07, 6.45) is 0. The molecular weight excluding hydrogens is 198 g/mol. The van der Waals surface area contributed by atoms with Crippen LogP contribution in [0.1, 0.15) is 19.4 Å². The highest BCUT2D eigenvalue weighted by atomic mass is 19.2. The molecule has 0 aliphatic heterocycles. The zero-order valence-corrected chi connectivity index (χ0v) is 9.44. The van der Waals surface area contributed by atoms with Crippen LogP contribution in [0.2, 0.25) is 0 Å². The summed E-state index contributed by atoms with van der Waals surface area (Å²) in [4.78, 5) is 1.53. The Labute approximate surface area is 88.7 Å². The quantitative estimate of drug-likeness (QED) is 0.818. The lowest BCUT2D eigenvalue weighted by Crippen LogP contribution is -2.31. The van der Waals surface area contributed by atoms with E-state index in [1.165, 1.54) is 11.0 Å². The SMILES string of the molecule is CN(C)c1c(C(C)(C)N)ccc(F)c1F. The van der Waals surface area contributed by atoms with E-state index in [4.69, 9.17) is 5.73 Å². The first-order valence-corrected chi connectivity index (χ1v) is 4.70. The number of hydrogen-bond acceptors (Lipinski definition) is 2. The summed E-state index contributed by atoms with van der Waals surface area (Å²) >= 11 is 0. The molecule has 0 aliphatic rings. The largest absolute Gasteiger partial charge is 0.375 e. The molecule has 84 valence electrons. The van der Waals surface area contributed by atoms with E-state index in [2.05, 4.69) is 0 Å². The second kappa shape index (κ2) is 3.77. The van der Waals surface area contributed by atoms with E-state index in [1.54, 1.807) is 27.9 Å². The number of halogens is 2. The molecule has 0 bridgehead atoms. The average Bonchev–Trinajstić information content (AvgIpc) is 2.06. The molecular formula is C11H16F2N2. The van der Waals surface area contributed by atoms with Gasteiger partial charge in [-0.15, -0.1) is 0 Å². The fraction of sp³-hybridized carbons (Fsp3) is 0.455. The fourth-order valence-electron chi connectivity index (χ4n) is 1.50. The Hall–Kier alpha value is -1.16. The van der Waals surface area contributed by atoms with Gasteiger partial charge < -0.3 is 10.6 Å². The third-order valence-corrected chi connectivity index (χ3v) is 2.21. The van der Waals surface area contributed by atoms with E-state index >= 15 is 0 Å². The smallest absolute Gasteiger partial charge is 0.182 e. The predicted molar refractivity (Wildman–Crippen MR) is 57.9 cm³/mol. The third kappa shape index (κ3) is 2.26. The van der Waals surface area contributed by atoms with Gasteiger partial charge in [-0.05, 0) is 25.5 Å². The van der Waals surface area contributed by atoms with Crippen molar-refractivity contribution in [2.75, 3.05) is 19.0 Å². The van der Waals surface area contributed by atoms with E-state index in [1.807, 2.05) is 0 Å². The molecule has 1 rings (SSSR count). The van der Waals surface area contributed by atoms with Crippen molar-refractivity contribution in [2.45, 2.75) is 19.4 Å². The molecule has 0 saturated heterocycles. The Morgan fingerprint density at radius 1 is 1.20 bits per heavy atom. The first kappa shape index (κ1) is 11.9. The lowest BCUT2D eigenvalue weighted by atomic mass is 9.93. The summed E-state index contributed by atoms with van der Waals surface area (Å²) in [6, 6.07) is 2.63. The van der Waals surface area contributed by atoms with E-state index in [-0.39, 0.29) is 5.69 Å². The second-order valence-electron chi connectivity index (χ2n) is 4.37. The molecule has 0 aliphatic carbocycles. The lowest BCUT2D eigenvalue weighted by Gasteiger charge is -2.26. The molecule has 0 amide bonds. The van der Waals surface area contributed by atoms with Gasteiger partial charge in [0.15, 0.2) is 11.6 Å². The monoisotopic (exact) mass is 214 g/mol. The van der Waals surface area contributed by atoms with E-state index in [9.17, 15) is 8.78 Å². The van der Waals surface area contributed by atoms with Crippen LogP contribution in [0.4, 0.5) is 14.5 Å². The topological polar surface area (TPSA) is 29.3 Å². The summed E-state index contributed by atoms with van der Waals surface area (Å²) < 4.78 is 26.6. The van der Waals surface area contributed by atoms with Crippen LogP contribution in [-0.2, 0) is 5.54 Å². The second-order valence-corrected chi connectivity index (χ2v) is 4.37. The van der Waals surface area contributed by atoms with E-state index in [0.717, 1.165) is 6.07 Å². The Balaban J connectivity index is 3.47. The third-order valence-electron chi connectivity index (χ3n) is 2.21. The molecule has 0 saturated carbocycles. The number of rotatable bonds is 2. The number of hydrogen-bond donors (Lipinski definition) is 1. The molecule has 1 aromatic rings. The van der Waals surface area contributed by atoms with Crippen molar-refractivity contribution >= 4 is 5.69 Å². The highest BCUT2D eigenvalue weighted by Gasteiger charge is 2.24. The molecule has 0 heterocycles. The minimum absolute atomic E-state index is 0.211. The Morgan fingerprint density at radius 3 is 2.13 bits per heavy atom. The van der Waals surface area contributed by atoms with Crippen molar-refractivity contribution in [3.8, 4) is 0 Å². The predicted octanol–water partition coefficient (Wildman–Crippen LogP) is 2.22. The van der Waals surface area contributed by atoms with Crippen LogP contribution in [0.3, 0.4) is 0 Å². The summed E-state index contributed by atoms with van der Waals surface area (Å²) in [5.41, 5.74) is 6.00. The van der Waals surface area contributed by atoms with Crippen LogP contribution in [0.25, 0.3) is 0 Å². The molecule has 0 unspecified atom stereocenters. The van der Waals surface area contributed by atoms with Crippen LogP contribution in [-0.4, -0.2) is 14.1 Å². The normalized spacial score (nSPS) is 11.7. The van der Waals surface area contributed by atoms with Gasteiger partial charge in [0.25, 0.3) is 0 Å². The zero-order chi connectivity index (χ0) is 11.8.